The van der Waals surface area contributed by atoms with E-state index in [0.29, 0.717) is 0 Å². The fourth-order valence-corrected chi connectivity index (χ4v) is 1.27. The van der Waals surface area contributed by atoms with Gasteiger partial charge in [0.2, 0.25) is 0 Å². The third-order valence-corrected chi connectivity index (χ3v) is 2.38. The van der Waals surface area contributed by atoms with Crippen molar-refractivity contribution in [1.82, 2.24) is 0 Å². The molecule has 0 aliphatic heterocycles. The highest BCUT2D eigenvalue weighted by molar-refractivity contribution is 8.00. The lowest BCUT2D eigenvalue weighted by atomic mass is 10.4. The Balaban J connectivity index is 4.04. The number of halogens is 2. The van der Waals surface area contributed by atoms with E-state index in [-0.39, 0.29) is 23.4 Å². The summed E-state index contributed by atoms with van der Waals surface area (Å²) in [4.78, 5) is 13.6. The highest BCUT2D eigenvalue weighted by atomic mass is 32.2. The monoisotopic (exact) mass is 241 g/mol. The largest absolute Gasteiger partial charge is 0.480 e. The van der Waals surface area contributed by atoms with E-state index in [9.17, 15) is 13.6 Å². The van der Waals surface area contributed by atoms with E-state index >= 15 is 0 Å². The molecule has 0 saturated carbocycles. The Kier molecular flexibility index (Phi) is 5.51. The second-order valence-corrected chi connectivity index (χ2v) is 4.07. The predicted octanol–water partition coefficient (Wildman–Crippen LogP) is 0.101. The Bertz CT molecular complexity index is 257. The Morgan fingerprint density at radius 3 is 2.60 bits per heavy atom. The van der Waals surface area contributed by atoms with Crippen LogP contribution in [-0.4, -0.2) is 40.5 Å². The van der Waals surface area contributed by atoms with Crippen LogP contribution in [0.3, 0.4) is 0 Å². The molecule has 0 saturated heterocycles. The summed E-state index contributed by atoms with van der Waals surface area (Å²) in [5.74, 6) is -1.63. The zero-order valence-electron chi connectivity index (χ0n) is 8.11. The van der Waals surface area contributed by atoms with Gasteiger partial charge < -0.3 is 16.6 Å². The van der Waals surface area contributed by atoms with Crippen LogP contribution in [0.5, 0.6) is 0 Å². The number of carboxylic acid groups (broad SMARTS) is 1. The quantitative estimate of drug-likeness (QED) is 0.452. The molecule has 0 radical (unpaired) electrons. The number of amidine groups is 1. The molecule has 0 aliphatic carbocycles. The maximum absolute atomic E-state index is 13.0. The summed E-state index contributed by atoms with van der Waals surface area (Å²) in [6, 6.07) is -1.30. The van der Waals surface area contributed by atoms with Crippen molar-refractivity contribution >= 4 is 23.6 Å². The molecule has 1 atom stereocenters. The summed E-state index contributed by atoms with van der Waals surface area (Å²) in [5, 5.41) is 5.22. The predicted molar refractivity (Wildman–Crippen MR) is 55.2 cm³/mol. The molecular formula is C7H13F2N3O2S. The molecule has 0 amide bonds. The van der Waals surface area contributed by atoms with Crippen molar-refractivity contribution in [3.63, 3.8) is 0 Å². The van der Waals surface area contributed by atoms with Crippen molar-refractivity contribution in [2.24, 2.45) is 16.5 Å². The summed E-state index contributed by atoms with van der Waals surface area (Å²) in [7, 11) is 0. The lowest BCUT2D eigenvalue weighted by Crippen LogP contribution is -2.34. The van der Waals surface area contributed by atoms with Crippen LogP contribution in [-0.2, 0) is 4.79 Å². The van der Waals surface area contributed by atoms with Gasteiger partial charge in [0.15, 0.2) is 0 Å². The summed E-state index contributed by atoms with van der Waals surface area (Å²) in [6.07, 6.45) is 0. The van der Waals surface area contributed by atoms with Gasteiger partial charge in [0.25, 0.3) is 0 Å². The minimum atomic E-state index is -3.15. The molecule has 1 unspecified atom stereocenters. The number of aliphatic carboxylic acids is 1. The van der Waals surface area contributed by atoms with E-state index in [0.717, 1.165) is 0 Å². The van der Waals surface area contributed by atoms with E-state index in [4.69, 9.17) is 16.6 Å². The molecule has 0 aliphatic rings. The van der Waals surface area contributed by atoms with Gasteiger partial charge in [-0.15, -0.1) is 0 Å². The van der Waals surface area contributed by atoms with E-state index in [1.54, 1.807) is 0 Å². The fourth-order valence-electron chi connectivity index (χ4n) is 0.545. The maximum Gasteiger partial charge on any atom is 0.321 e. The zero-order valence-corrected chi connectivity index (χ0v) is 8.93. The van der Waals surface area contributed by atoms with Crippen molar-refractivity contribution in [3.05, 3.63) is 0 Å². The molecule has 8 heteroatoms. The summed E-state index contributed by atoms with van der Waals surface area (Å²) in [5.41, 5.74) is 10.2. The van der Waals surface area contributed by atoms with Crippen LogP contribution >= 0.6 is 11.8 Å². The number of hydrogen-bond acceptors (Lipinski definition) is 4. The van der Waals surface area contributed by atoms with E-state index in [1.165, 1.54) is 6.92 Å². The molecule has 0 rings (SSSR count). The van der Waals surface area contributed by atoms with Crippen molar-refractivity contribution in [2.45, 2.75) is 18.2 Å². The molecule has 0 aromatic carbocycles. The van der Waals surface area contributed by atoms with Gasteiger partial charge in [-0.25, -0.2) is 0 Å². The normalized spacial score (nSPS) is 15.1. The third kappa shape index (κ3) is 7.09. The third-order valence-electron chi connectivity index (χ3n) is 1.30. The molecule has 5 nitrogen and oxygen atoms in total. The Hall–Kier alpha value is -0.890. The van der Waals surface area contributed by atoms with Gasteiger partial charge in [0, 0.05) is 5.75 Å². The standard InChI is InChI=1S/C7H13F2N3O2S/c1-4(10)12-3-7(8,9)15-2-5(11)6(13)14/h5H,2-3,11H2,1H3,(H2,10,12)(H,13,14). The van der Waals surface area contributed by atoms with Crippen molar-refractivity contribution in [2.75, 3.05) is 12.3 Å². The number of alkyl halides is 2. The molecule has 15 heavy (non-hydrogen) atoms. The van der Waals surface area contributed by atoms with E-state index in [2.05, 4.69) is 4.99 Å². The number of hydrogen-bond donors (Lipinski definition) is 3. The first kappa shape index (κ1) is 14.1. The number of nitrogens with zero attached hydrogens (tertiary/aromatic N) is 1. The fraction of sp³-hybridized carbons (Fsp3) is 0.714. The van der Waals surface area contributed by atoms with E-state index < -0.39 is 23.8 Å². The van der Waals surface area contributed by atoms with Crippen LogP contribution in [0.25, 0.3) is 0 Å². The van der Waals surface area contributed by atoms with Gasteiger partial charge in [-0.2, -0.15) is 8.78 Å². The average Bonchev–Trinajstić information content (AvgIpc) is 2.11. The SMILES string of the molecule is CC(N)=NCC(F)(F)SCC(N)C(=O)O. The van der Waals surface area contributed by atoms with Crippen LogP contribution in [0.4, 0.5) is 8.78 Å². The summed E-state index contributed by atoms with van der Waals surface area (Å²) >= 11 is 0.155. The van der Waals surface area contributed by atoms with Gasteiger partial charge in [0.05, 0.1) is 5.84 Å². The first-order valence-electron chi connectivity index (χ1n) is 4.01. The van der Waals surface area contributed by atoms with E-state index in [1.807, 2.05) is 0 Å². The van der Waals surface area contributed by atoms with Crippen molar-refractivity contribution < 1.29 is 18.7 Å². The topological polar surface area (TPSA) is 102 Å². The molecule has 0 bridgehead atoms. The van der Waals surface area contributed by atoms with Gasteiger partial charge >= 0.3 is 11.2 Å². The highest BCUT2D eigenvalue weighted by Crippen LogP contribution is 2.29. The minimum absolute atomic E-state index is 0.0535. The first-order chi connectivity index (χ1) is 6.74. The van der Waals surface area contributed by atoms with Crippen LogP contribution in [0.1, 0.15) is 6.92 Å². The highest BCUT2D eigenvalue weighted by Gasteiger charge is 2.31. The summed E-state index contributed by atoms with van der Waals surface area (Å²) < 4.78 is 25.9. The molecular weight excluding hydrogens is 228 g/mol. The number of carbonyl (C=O) groups is 1. The molecule has 0 heterocycles. The molecule has 0 aromatic rings. The number of nitrogens with two attached hydrogens (primary N) is 2. The first-order valence-corrected chi connectivity index (χ1v) is 5.00. The van der Waals surface area contributed by atoms with Gasteiger partial charge in [-0.1, -0.05) is 11.8 Å². The van der Waals surface area contributed by atoms with Crippen molar-refractivity contribution in [3.8, 4) is 0 Å². The van der Waals surface area contributed by atoms with Gasteiger partial charge in [0.1, 0.15) is 12.6 Å². The molecule has 0 aromatic heterocycles. The Labute approximate surface area is 89.9 Å². The summed E-state index contributed by atoms with van der Waals surface area (Å²) in [6.45, 7) is 0.621. The Morgan fingerprint density at radius 1 is 1.67 bits per heavy atom. The molecule has 0 fully saturated rings. The lowest BCUT2D eigenvalue weighted by molar-refractivity contribution is -0.137. The number of thioether (sulfide) groups is 1. The number of rotatable bonds is 6. The van der Waals surface area contributed by atoms with Crippen LogP contribution in [0, 0.1) is 0 Å². The molecule has 0 spiro atoms. The number of carboxylic acids is 1. The van der Waals surface area contributed by atoms with Gasteiger partial charge in [-0.05, 0) is 6.92 Å². The van der Waals surface area contributed by atoms with Crippen LogP contribution < -0.4 is 11.5 Å². The molecule has 5 N–H and O–H groups in total. The zero-order chi connectivity index (χ0) is 12.1. The lowest BCUT2D eigenvalue weighted by Gasteiger charge is -2.14. The van der Waals surface area contributed by atoms with Crippen LogP contribution in [0.2, 0.25) is 0 Å². The van der Waals surface area contributed by atoms with Crippen molar-refractivity contribution in [1.29, 1.82) is 0 Å². The molecule has 88 valence electrons. The minimum Gasteiger partial charge on any atom is -0.480 e. The number of aliphatic imine (C=N–C) groups is 1. The maximum atomic E-state index is 13.0. The second-order valence-electron chi connectivity index (χ2n) is 2.85. The smallest absolute Gasteiger partial charge is 0.321 e. The average molecular weight is 241 g/mol. The Morgan fingerprint density at radius 2 is 2.20 bits per heavy atom. The van der Waals surface area contributed by atoms with Crippen LogP contribution in [0.15, 0.2) is 4.99 Å². The second kappa shape index (κ2) is 5.86. The van der Waals surface area contributed by atoms with Gasteiger partial charge in [-0.3, -0.25) is 9.79 Å².